The fraction of sp³-hybridized carbons (Fsp3) is 0.688. The first-order valence-electron chi connectivity index (χ1n) is 15.7. The lowest BCUT2D eigenvalue weighted by molar-refractivity contribution is -0.155. The number of pyridine rings is 1. The number of rotatable bonds is 15. The largest absolute Gasteiger partial charge is 0.459 e. The van der Waals surface area contributed by atoms with Gasteiger partial charge in [0.1, 0.15) is 11.9 Å². The van der Waals surface area contributed by atoms with Crippen LogP contribution in [0.25, 0.3) is 0 Å². The van der Waals surface area contributed by atoms with Gasteiger partial charge in [-0.1, -0.05) is 70.1 Å². The van der Waals surface area contributed by atoms with Crippen molar-refractivity contribution < 1.29 is 19.1 Å². The van der Waals surface area contributed by atoms with Gasteiger partial charge in [-0.15, -0.1) is 0 Å². The molecule has 1 aromatic heterocycles. The highest BCUT2D eigenvalue weighted by atomic mass is 16.5. The molecule has 0 aromatic carbocycles. The van der Waals surface area contributed by atoms with Crippen LogP contribution in [-0.2, 0) is 19.1 Å². The number of ether oxygens (including phenoxy) is 1. The standard InChI is InChI=1S/C32H46N4O4/c1-2-3-4-5-6-7-8-9-13-28(37)40-26(22-34-17-19-35(20-18-34)27-12-10-11-16-33-27)23-36-31(38)29-24-14-15-25(21-24)30(29)32(36)39/h10-12,14-16,24-26,29-30H,2-9,13,17-23H2,1H3. The molecule has 3 fully saturated rings. The number of fused-ring (bicyclic) bond motifs is 5. The molecule has 2 aliphatic heterocycles. The van der Waals surface area contributed by atoms with Crippen LogP contribution in [0, 0.1) is 23.7 Å². The minimum absolute atomic E-state index is 0.0732. The number of allylic oxidation sites excluding steroid dienone is 2. The van der Waals surface area contributed by atoms with Crippen molar-refractivity contribution in [3.05, 3.63) is 36.5 Å². The van der Waals surface area contributed by atoms with Crippen LogP contribution in [0.15, 0.2) is 36.5 Å². The maximum atomic E-state index is 13.3. The monoisotopic (exact) mass is 550 g/mol. The first-order chi connectivity index (χ1) is 19.5. The summed E-state index contributed by atoms with van der Waals surface area (Å²) in [4.78, 5) is 50.0. The highest BCUT2D eigenvalue weighted by Gasteiger charge is 2.59. The number of esters is 1. The molecular weight excluding hydrogens is 504 g/mol. The molecule has 2 bridgehead atoms. The minimum atomic E-state index is -0.514. The van der Waals surface area contributed by atoms with Gasteiger partial charge in [-0.3, -0.25) is 24.2 Å². The molecule has 8 heteroatoms. The Bertz CT molecular complexity index is 1010. The SMILES string of the molecule is CCCCCCCCCCC(=O)OC(CN1CCN(c2ccccn2)CC1)CN1C(=O)C2C3C=CC(C3)C2C1=O. The Labute approximate surface area is 239 Å². The van der Waals surface area contributed by atoms with Gasteiger partial charge < -0.3 is 9.64 Å². The number of imide groups is 1. The van der Waals surface area contributed by atoms with E-state index < -0.39 is 6.10 Å². The maximum absolute atomic E-state index is 13.3. The molecular formula is C32H46N4O4. The molecule has 1 saturated carbocycles. The summed E-state index contributed by atoms with van der Waals surface area (Å²) in [5, 5.41) is 0. The van der Waals surface area contributed by atoms with E-state index in [2.05, 4.69) is 33.9 Å². The molecule has 5 unspecified atom stereocenters. The number of nitrogens with zero attached hydrogens (tertiary/aromatic N) is 4. The van der Waals surface area contributed by atoms with Gasteiger partial charge >= 0.3 is 5.97 Å². The fourth-order valence-corrected chi connectivity index (χ4v) is 7.12. The van der Waals surface area contributed by atoms with Crippen molar-refractivity contribution in [3.63, 3.8) is 0 Å². The summed E-state index contributed by atoms with van der Waals surface area (Å²) >= 11 is 0. The molecule has 3 heterocycles. The number of aromatic nitrogens is 1. The minimum Gasteiger partial charge on any atom is -0.459 e. The molecule has 218 valence electrons. The summed E-state index contributed by atoms with van der Waals surface area (Å²) in [7, 11) is 0. The van der Waals surface area contributed by atoms with Crippen LogP contribution in [0.2, 0.25) is 0 Å². The molecule has 1 aromatic rings. The predicted molar refractivity (Wildman–Crippen MR) is 154 cm³/mol. The lowest BCUT2D eigenvalue weighted by atomic mass is 9.85. The molecule has 2 saturated heterocycles. The van der Waals surface area contributed by atoms with E-state index in [0.29, 0.717) is 13.0 Å². The first-order valence-corrected chi connectivity index (χ1v) is 15.7. The number of piperazine rings is 1. The molecule has 8 nitrogen and oxygen atoms in total. The van der Waals surface area contributed by atoms with Gasteiger partial charge in [-0.25, -0.2) is 4.98 Å². The van der Waals surface area contributed by atoms with Gasteiger partial charge in [0.05, 0.1) is 18.4 Å². The topological polar surface area (TPSA) is 83.1 Å². The summed E-state index contributed by atoms with van der Waals surface area (Å²) in [5.41, 5.74) is 0. The Hall–Kier alpha value is -2.74. The van der Waals surface area contributed by atoms with Crippen molar-refractivity contribution in [2.75, 3.05) is 44.2 Å². The smallest absolute Gasteiger partial charge is 0.306 e. The third kappa shape index (κ3) is 6.76. The molecule has 5 atom stereocenters. The first kappa shape index (κ1) is 28.8. The van der Waals surface area contributed by atoms with E-state index in [1.807, 2.05) is 24.4 Å². The number of likely N-dealkylation sites (tertiary alicyclic amines) is 1. The molecule has 4 aliphatic rings. The molecule has 0 radical (unpaired) electrons. The summed E-state index contributed by atoms with van der Waals surface area (Å²) in [5.74, 6) is 0.518. The van der Waals surface area contributed by atoms with Crippen molar-refractivity contribution in [1.29, 1.82) is 0 Å². The fourth-order valence-electron chi connectivity index (χ4n) is 7.12. The van der Waals surface area contributed by atoms with Crippen molar-refractivity contribution in [1.82, 2.24) is 14.8 Å². The molecule has 2 amide bonds. The predicted octanol–water partition coefficient (Wildman–Crippen LogP) is 4.45. The Morgan fingerprint density at radius 2 is 1.55 bits per heavy atom. The molecule has 2 aliphatic carbocycles. The maximum Gasteiger partial charge on any atom is 0.306 e. The van der Waals surface area contributed by atoms with Crippen LogP contribution in [0.1, 0.15) is 71.1 Å². The zero-order chi connectivity index (χ0) is 27.9. The second-order valence-electron chi connectivity index (χ2n) is 12.1. The van der Waals surface area contributed by atoms with Gasteiger partial charge in [-0.2, -0.15) is 0 Å². The van der Waals surface area contributed by atoms with Crippen LogP contribution in [-0.4, -0.2) is 77.9 Å². The van der Waals surface area contributed by atoms with Crippen LogP contribution in [0.3, 0.4) is 0 Å². The number of hydrogen-bond donors (Lipinski definition) is 0. The van der Waals surface area contributed by atoms with E-state index in [-0.39, 0.29) is 48.0 Å². The highest BCUT2D eigenvalue weighted by molar-refractivity contribution is 6.06. The number of anilines is 1. The van der Waals surface area contributed by atoms with Crippen LogP contribution < -0.4 is 4.90 Å². The highest BCUT2D eigenvalue weighted by Crippen LogP contribution is 2.52. The van der Waals surface area contributed by atoms with E-state index >= 15 is 0 Å². The van der Waals surface area contributed by atoms with Crippen LogP contribution >= 0.6 is 0 Å². The Morgan fingerprint density at radius 3 is 2.17 bits per heavy atom. The number of hydrogen-bond acceptors (Lipinski definition) is 7. The Morgan fingerprint density at radius 1 is 0.900 bits per heavy atom. The summed E-state index contributed by atoms with van der Waals surface area (Å²) in [6.07, 6.45) is 16.2. The van der Waals surface area contributed by atoms with Crippen LogP contribution in [0.4, 0.5) is 5.82 Å². The van der Waals surface area contributed by atoms with Gasteiger partial charge in [-0.05, 0) is 36.8 Å². The summed E-state index contributed by atoms with van der Waals surface area (Å²) < 4.78 is 6.01. The lowest BCUT2D eigenvalue weighted by Gasteiger charge is -2.37. The zero-order valence-corrected chi connectivity index (χ0v) is 24.1. The molecule has 0 N–H and O–H groups in total. The zero-order valence-electron chi connectivity index (χ0n) is 24.1. The van der Waals surface area contributed by atoms with Gasteiger partial charge in [0.25, 0.3) is 0 Å². The lowest BCUT2D eigenvalue weighted by Crippen LogP contribution is -2.51. The van der Waals surface area contributed by atoms with E-state index in [9.17, 15) is 14.4 Å². The molecule has 5 rings (SSSR count). The van der Waals surface area contributed by atoms with Crippen LogP contribution in [0.5, 0.6) is 0 Å². The quantitative estimate of drug-likeness (QED) is 0.138. The van der Waals surface area contributed by atoms with Crippen molar-refractivity contribution in [2.45, 2.75) is 77.2 Å². The van der Waals surface area contributed by atoms with Crippen molar-refractivity contribution >= 4 is 23.6 Å². The third-order valence-corrected chi connectivity index (χ3v) is 9.29. The number of carbonyl (C=O) groups excluding carboxylic acids is 3. The van der Waals surface area contributed by atoms with Gasteiger partial charge in [0, 0.05) is 45.3 Å². The second kappa shape index (κ2) is 13.7. The van der Waals surface area contributed by atoms with E-state index in [1.54, 1.807) is 0 Å². The van der Waals surface area contributed by atoms with E-state index in [0.717, 1.165) is 57.7 Å². The van der Waals surface area contributed by atoms with Crippen molar-refractivity contribution in [2.24, 2.45) is 23.7 Å². The molecule has 40 heavy (non-hydrogen) atoms. The second-order valence-corrected chi connectivity index (χ2v) is 12.1. The number of amides is 2. The molecule has 0 spiro atoms. The Kier molecular flexibility index (Phi) is 9.89. The van der Waals surface area contributed by atoms with E-state index in [1.165, 1.54) is 37.0 Å². The summed E-state index contributed by atoms with van der Waals surface area (Å²) in [6, 6.07) is 5.94. The Balaban J connectivity index is 1.14. The number of carbonyl (C=O) groups is 3. The van der Waals surface area contributed by atoms with Gasteiger partial charge in [0.2, 0.25) is 11.8 Å². The average molecular weight is 551 g/mol. The number of unbranched alkanes of at least 4 members (excludes halogenated alkanes) is 7. The average Bonchev–Trinajstić information content (AvgIpc) is 3.66. The van der Waals surface area contributed by atoms with E-state index in [4.69, 9.17) is 4.74 Å². The normalized spacial score (nSPS) is 26.5. The summed E-state index contributed by atoms with van der Waals surface area (Å²) in [6.45, 7) is 6.19. The third-order valence-electron chi connectivity index (χ3n) is 9.29. The van der Waals surface area contributed by atoms with Crippen molar-refractivity contribution in [3.8, 4) is 0 Å². The van der Waals surface area contributed by atoms with Gasteiger partial charge in [0.15, 0.2) is 0 Å².